The highest BCUT2D eigenvalue weighted by molar-refractivity contribution is 5.89. The first kappa shape index (κ1) is 11.3. The number of rotatable bonds is 3. The van der Waals surface area contributed by atoms with Crippen molar-refractivity contribution in [3.8, 4) is 0 Å². The molecule has 0 saturated heterocycles. The van der Waals surface area contributed by atoms with Crippen LogP contribution in [0.1, 0.15) is 25.3 Å². The Bertz CT molecular complexity index is 341. The Morgan fingerprint density at radius 1 is 1.33 bits per heavy atom. The molecule has 3 heteroatoms. The summed E-state index contributed by atoms with van der Waals surface area (Å²) in [5.41, 5.74) is 2.03. The van der Waals surface area contributed by atoms with Gasteiger partial charge in [0.25, 0.3) is 0 Å². The molecule has 0 aliphatic heterocycles. The zero-order chi connectivity index (χ0) is 11.3. The molecule has 0 aromatic heterocycles. The quantitative estimate of drug-likeness (QED) is 0.780. The van der Waals surface area contributed by atoms with E-state index >= 15 is 0 Å². The molecule has 1 rings (SSSR count). The van der Waals surface area contributed by atoms with Gasteiger partial charge in [-0.2, -0.15) is 0 Å². The molecule has 0 bridgehead atoms. The third-order valence-corrected chi connectivity index (χ3v) is 2.07. The summed E-state index contributed by atoms with van der Waals surface area (Å²) in [6.45, 7) is 7.67. The average molecular weight is 204 g/mol. The number of urea groups is 1. The van der Waals surface area contributed by atoms with E-state index in [0.29, 0.717) is 5.92 Å². The van der Waals surface area contributed by atoms with E-state index < -0.39 is 0 Å². The maximum atomic E-state index is 11.1. The van der Waals surface area contributed by atoms with Crippen LogP contribution in [-0.4, -0.2) is 6.03 Å². The summed E-state index contributed by atoms with van der Waals surface area (Å²) in [5, 5.41) is 5.13. The molecule has 2 amide bonds. The van der Waals surface area contributed by atoms with E-state index in [0.717, 1.165) is 5.69 Å². The molecule has 0 spiro atoms. The lowest BCUT2D eigenvalue weighted by Gasteiger charge is -2.07. The Balaban J connectivity index is 2.64. The van der Waals surface area contributed by atoms with Crippen molar-refractivity contribution in [2.75, 3.05) is 5.32 Å². The monoisotopic (exact) mass is 204 g/mol. The fourth-order valence-corrected chi connectivity index (χ4v) is 1.21. The van der Waals surface area contributed by atoms with E-state index in [9.17, 15) is 4.79 Å². The van der Waals surface area contributed by atoms with E-state index in [-0.39, 0.29) is 6.03 Å². The molecule has 1 aromatic rings. The molecule has 3 nitrogen and oxygen atoms in total. The molecule has 0 radical (unpaired) electrons. The Hall–Kier alpha value is -1.77. The van der Waals surface area contributed by atoms with Crippen LogP contribution < -0.4 is 10.6 Å². The molecular weight excluding hydrogens is 188 g/mol. The number of hydrogen-bond acceptors (Lipinski definition) is 1. The van der Waals surface area contributed by atoms with Gasteiger partial charge in [-0.1, -0.05) is 32.6 Å². The number of carbonyl (C=O) groups excluding carboxylic acids is 1. The van der Waals surface area contributed by atoms with Gasteiger partial charge in [-0.05, 0) is 29.8 Å². The third-order valence-electron chi connectivity index (χ3n) is 2.07. The van der Waals surface area contributed by atoms with Crippen molar-refractivity contribution in [2.24, 2.45) is 0 Å². The number of benzene rings is 1. The first-order valence-corrected chi connectivity index (χ1v) is 4.92. The van der Waals surface area contributed by atoms with Crippen molar-refractivity contribution in [3.63, 3.8) is 0 Å². The largest absolute Gasteiger partial charge is 0.323 e. The lowest BCUT2D eigenvalue weighted by atomic mass is 10.0. The topological polar surface area (TPSA) is 41.1 Å². The van der Waals surface area contributed by atoms with E-state index in [1.54, 1.807) is 0 Å². The minimum Gasteiger partial charge on any atom is -0.315 e. The molecule has 15 heavy (non-hydrogen) atoms. The van der Waals surface area contributed by atoms with Gasteiger partial charge in [0.2, 0.25) is 0 Å². The predicted molar refractivity (Wildman–Crippen MR) is 62.9 cm³/mol. The van der Waals surface area contributed by atoms with Gasteiger partial charge in [0, 0.05) is 5.69 Å². The molecule has 80 valence electrons. The van der Waals surface area contributed by atoms with Crippen LogP contribution in [0.15, 0.2) is 37.0 Å². The first-order chi connectivity index (χ1) is 7.13. The molecular formula is C12H16N2O. The fourth-order valence-electron chi connectivity index (χ4n) is 1.21. The zero-order valence-electron chi connectivity index (χ0n) is 9.08. The highest BCUT2D eigenvalue weighted by Crippen LogP contribution is 2.16. The van der Waals surface area contributed by atoms with Crippen LogP contribution in [0.4, 0.5) is 10.5 Å². The standard InChI is InChI=1S/C12H16N2O/c1-4-13-12(15)14-11-7-5-10(6-8-11)9(2)3/h4-9H,1H2,2-3H3,(H2,13,14,15). The summed E-state index contributed by atoms with van der Waals surface area (Å²) >= 11 is 0. The lowest BCUT2D eigenvalue weighted by molar-refractivity contribution is 0.255. The Morgan fingerprint density at radius 2 is 1.93 bits per heavy atom. The van der Waals surface area contributed by atoms with Gasteiger partial charge in [-0.25, -0.2) is 4.79 Å². The number of anilines is 1. The highest BCUT2D eigenvalue weighted by atomic mass is 16.2. The second kappa shape index (κ2) is 5.20. The summed E-state index contributed by atoms with van der Waals surface area (Å²) in [7, 11) is 0. The van der Waals surface area contributed by atoms with Crippen molar-refractivity contribution in [1.29, 1.82) is 0 Å². The average Bonchev–Trinajstić information content (AvgIpc) is 2.18. The van der Waals surface area contributed by atoms with Gasteiger partial charge in [-0.3, -0.25) is 0 Å². The molecule has 1 aromatic carbocycles. The van der Waals surface area contributed by atoms with Crippen molar-refractivity contribution < 1.29 is 4.79 Å². The van der Waals surface area contributed by atoms with Gasteiger partial charge in [-0.15, -0.1) is 0 Å². The van der Waals surface area contributed by atoms with Gasteiger partial charge in [0.15, 0.2) is 0 Å². The van der Waals surface area contributed by atoms with Gasteiger partial charge in [0.05, 0.1) is 0 Å². The summed E-state index contributed by atoms with van der Waals surface area (Å²) in [6.07, 6.45) is 1.35. The third kappa shape index (κ3) is 3.46. The number of carbonyl (C=O) groups is 1. The molecule has 0 aliphatic rings. The Labute approximate surface area is 90.2 Å². The van der Waals surface area contributed by atoms with Crippen LogP contribution in [0, 0.1) is 0 Å². The summed E-state index contributed by atoms with van der Waals surface area (Å²) in [6, 6.07) is 7.51. The molecule has 0 unspecified atom stereocenters. The van der Waals surface area contributed by atoms with Crippen LogP contribution in [0.5, 0.6) is 0 Å². The maximum Gasteiger partial charge on any atom is 0.323 e. The maximum absolute atomic E-state index is 11.1. The van der Waals surface area contributed by atoms with Crippen LogP contribution in [0.3, 0.4) is 0 Å². The molecule has 0 saturated carbocycles. The van der Waals surface area contributed by atoms with Crippen molar-refractivity contribution in [3.05, 3.63) is 42.6 Å². The Morgan fingerprint density at radius 3 is 2.40 bits per heavy atom. The van der Waals surface area contributed by atoms with E-state index in [1.807, 2.05) is 24.3 Å². The number of hydrogen-bond donors (Lipinski definition) is 2. The fraction of sp³-hybridized carbons (Fsp3) is 0.250. The molecule has 0 atom stereocenters. The SMILES string of the molecule is C=CNC(=O)Nc1ccc(C(C)C)cc1. The summed E-state index contributed by atoms with van der Waals surface area (Å²) in [4.78, 5) is 11.1. The van der Waals surface area contributed by atoms with E-state index in [4.69, 9.17) is 0 Å². The second-order valence-electron chi connectivity index (χ2n) is 3.58. The second-order valence-corrected chi connectivity index (χ2v) is 3.58. The molecule has 0 aliphatic carbocycles. The van der Waals surface area contributed by atoms with Crippen molar-refractivity contribution in [2.45, 2.75) is 19.8 Å². The summed E-state index contributed by atoms with van der Waals surface area (Å²) in [5.74, 6) is 0.501. The van der Waals surface area contributed by atoms with E-state index in [1.165, 1.54) is 11.8 Å². The predicted octanol–water partition coefficient (Wildman–Crippen LogP) is 3.08. The minimum atomic E-state index is -0.276. The Kier molecular flexibility index (Phi) is 3.92. The minimum absolute atomic E-state index is 0.276. The highest BCUT2D eigenvalue weighted by Gasteiger charge is 2.01. The van der Waals surface area contributed by atoms with Crippen molar-refractivity contribution in [1.82, 2.24) is 5.32 Å². The lowest BCUT2D eigenvalue weighted by Crippen LogP contribution is -2.23. The molecule has 0 heterocycles. The smallest absolute Gasteiger partial charge is 0.315 e. The van der Waals surface area contributed by atoms with E-state index in [2.05, 4.69) is 31.1 Å². The van der Waals surface area contributed by atoms with Gasteiger partial charge < -0.3 is 10.6 Å². The first-order valence-electron chi connectivity index (χ1n) is 4.92. The van der Waals surface area contributed by atoms with Crippen LogP contribution in [0.2, 0.25) is 0 Å². The number of nitrogens with one attached hydrogen (secondary N) is 2. The molecule has 2 N–H and O–H groups in total. The van der Waals surface area contributed by atoms with Crippen LogP contribution >= 0.6 is 0 Å². The number of amides is 2. The summed E-state index contributed by atoms with van der Waals surface area (Å²) < 4.78 is 0. The van der Waals surface area contributed by atoms with Crippen LogP contribution in [-0.2, 0) is 0 Å². The zero-order valence-corrected chi connectivity index (χ0v) is 9.08. The molecule has 0 fully saturated rings. The van der Waals surface area contributed by atoms with Crippen molar-refractivity contribution >= 4 is 11.7 Å². The van der Waals surface area contributed by atoms with Crippen LogP contribution in [0.25, 0.3) is 0 Å². The normalized spacial score (nSPS) is 9.80. The van der Waals surface area contributed by atoms with Gasteiger partial charge in [0.1, 0.15) is 0 Å². The van der Waals surface area contributed by atoms with Gasteiger partial charge >= 0.3 is 6.03 Å².